The highest BCUT2D eigenvalue weighted by atomic mass is 35.5. The number of carbonyl (C=O) groups excluding carboxylic acids is 1. The molecule has 3 aromatic carbocycles. The zero-order valence-corrected chi connectivity index (χ0v) is 21.9. The fourth-order valence-corrected chi connectivity index (χ4v) is 4.94. The number of aromatic nitrogens is 2. The molecule has 0 bridgehead atoms. The molecule has 4 nitrogen and oxygen atoms in total. The van der Waals surface area contributed by atoms with Crippen LogP contribution in [0.2, 0.25) is 5.02 Å². The van der Waals surface area contributed by atoms with Crippen molar-refractivity contribution in [2.75, 3.05) is 6.54 Å². The van der Waals surface area contributed by atoms with Crippen molar-refractivity contribution in [1.82, 2.24) is 14.9 Å². The van der Waals surface area contributed by atoms with Crippen molar-refractivity contribution in [3.63, 3.8) is 0 Å². The van der Waals surface area contributed by atoms with E-state index in [0.717, 1.165) is 43.6 Å². The minimum atomic E-state index is -0.114. The second-order valence-electron chi connectivity index (χ2n) is 9.39. The van der Waals surface area contributed by atoms with E-state index >= 15 is 0 Å². The zero-order valence-electron chi connectivity index (χ0n) is 21.1. The fourth-order valence-electron chi connectivity index (χ4n) is 4.71. The third-order valence-electron chi connectivity index (χ3n) is 7.05. The molecule has 0 saturated heterocycles. The van der Waals surface area contributed by atoms with Crippen molar-refractivity contribution in [3.8, 4) is 0 Å². The van der Waals surface area contributed by atoms with Crippen LogP contribution < -0.4 is 5.32 Å². The van der Waals surface area contributed by atoms with E-state index in [9.17, 15) is 4.79 Å². The van der Waals surface area contributed by atoms with Crippen LogP contribution in [0.15, 0.2) is 54.6 Å². The third kappa shape index (κ3) is 5.59. The first kappa shape index (κ1) is 25.0. The average molecular weight is 488 g/mol. The van der Waals surface area contributed by atoms with E-state index in [1.165, 1.54) is 33.3 Å². The fraction of sp³-hybridized carbons (Fsp3) is 0.333. The molecule has 1 N–H and O–H groups in total. The van der Waals surface area contributed by atoms with Crippen LogP contribution in [0.25, 0.3) is 11.0 Å². The highest BCUT2D eigenvalue weighted by molar-refractivity contribution is 6.33. The smallest absolute Gasteiger partial charge is 0.252 e. The second kappa shape index (κ2) is 11.1. The first-order valence-electron chi connectivity index (χ1n) is 12.4. The molecule has 0 aliphatic heterocycles. The molecule has 1 heterocycles. The van der Waals surface area contributed by atoms with E-state index in [0.29, 0.717) is 17.1 Å². The van der Waals surface area contributed by atoms with Gasteiger partial charge < -0.3 is 9.88 Å². The number of halogens is 1. The molecule has 0 atom stereocenters. The molecule has 0 fully saturated rings. The minimum Gasteiger partial charge on any atom is -0.352 e. The van der Waals surface area contributed by atoms with Crippen LogP contribution in [0.1, 0.15) is 63.3 Å². The van der Waals surface area contributed by atoms with Gasteiger partial charge in [0.25, 0.3) is 5.91 Å². The maximum absolute atomic E-state index is 12.3. The first-order chi connectivity index (χ1) is 16.9. The second-order valence-corrected chi connectivity index (χ2v) is 9.80. The summed E-state index contributed by atoms with van der Waals surface area (Å²) >= 11 is 6.12. The number of benzene rings is 3. The summed E-state index contributed by atoms with van der Waals surface area (Å²) in [5.74, 6) is 1.01. The quantitative estimate of drug-likeness (QED) is 0.255. The average Bonchev–Trinajstić information content (AvgIpc) is 3.20. The van der Waals surface area contributed by atoms with Crippen LogP contribution >= 0.6 is 11.6 Å². The van der Waals surface area contributed by atoms with Gasteiger partial charge in [0.1, 0.15) is 5.82 Å². The number of para-hydroxylation sites is 2. The summed E-state index contributed by atoms with van der Waals surface area (Å²) in [6.07, 6.45) is 3.88. The van der Waals surface area contributed by atoms with E-state index in [2.05, 4.69) is 67.9 Å². The van der Waals surface area contributed by atoms with Gasteiger partial charge >= 0.3 is 0 Å². The number of amides is 1. The van der Waals surface area contributed by atoms with Crippen molar-refractivity contribution in [3.05, 3.63) is 98.8 Å². The van der Waals surface area contributed by atoms with Crippen LogP contribution in [0.5, 0.6) is 0 Å². The molecular weight excluding hydrogens is 454 g/mol. The lowest BCUT2D eigenvalue weighted by Crippen LogP contribution is -2.24. The lowest BCUT2D eigenvalue weighted by Gasteiger charge is -2.18. The number of rotatable bonds is 9. The number of hydrogen-bond acceptors (Lipinski definition) is 2. The van der Waals surface area contributed by atoms with Gasteiger partial charge in [0.05, 0.1) is 21.6 Å². The molecule has 0 radical (unpaired) electrons. The van der Waals surface area contributed by atoms with Crippen molar-refractivity contribution < 1.29 is 4.79 Å². The minimum absolute atomic E-state index is 0.114. The van der Waals surface area contributed by atoms with Gasteiger partial charge in [-0.1, -0.05) is 48.4 Å². The van der Waals surface area contributed by atoms with E-state index in [1.54, 1.807) is 12.1 Å². The third-order valence-corrected chi connectivity index (χ3v) is 7.38. The summed E-state index contributed by atoms with van der Waals surface area (Å²) < 4.78 is 2.39. The summed E-state index contributed by atoms with van der Waals surface area (Å²) in [4.78, 5) is 17.3. The van der Waals surface area contributed by atoms with Crippen LogP contribution in [0, 0.1) is 27.7 Å². The molecule has 0 spiro atoms. The lowest BCUT2D eigenvalue weighted by atomic mass is 9.94. The summed E-state index contributed by atoms with van der Waals surface area (Å²) in [6.45, 7) is 10.3. The van der Waals surface area contributed by atoms with Gasteiger partial charge in [-0.2, -0.15) is 0 Å². The maximum Gasteiger partial charge on any atom is 0.252 e. The van der Waals surface area contributed by atoms with Gasteiger partial charge in [0.2, 0.25) is 0 Å². The molecule has 5 heteroatoms. The number of fused-ring (bicyclic) bond motifs is 1. The Kier molecular flexibility index (Phi) is 7.92. The topological polar surface area (TPSA) is 46.9 Å². The number of hydrogen-bond donors (Lipinski definition) is 1. The van der Waals surface area contributed by atoms with Gasteiger partial charge in [0.15, 0.2) is 0 Å². The highest BCUT2D eigenvalue weighted by Crippen LogP contribution is 2.26. The first-order valence-corrected chi connectivity index (χ1v) is 12.8. The van der Waals surface area contributed by atoms with Crippen LogP contribution in [-0.2, 0) is 13.0 Å². The van der Waals surface area contributed by atoms with Crippen molar-refractivity contribution in [2.24, 2.45) is 0 Å². The molecule has 1 aromatic heterocycles. The number of aryl methyl sites for hydroxylation is 3. The predicted octanol–water partition coefficient (Wildman–Crippen LogP) is 7.11. The molecular formula is C30H34ClN3O. The largest absolute Gasteiger partial charge is 0.352 e. The number of unbranched alkanes of at least 4 members (excludes halogenated alkanes) is 2. The van der Waals surface area contributed by atoms with E-state index in [1.807, 2.05) is 12.1 Å². The van der Waals surface area contributed by atoms with Crippen LogP contribution in [0.4, 0.5) is 0 Å². The Balaban J connectivity index is 1.41. The molecule has 4 aromatic rings. The lowest BCUT2D eigenvalue weighted by molar-refractivity contribution is 0.0953. The van der Waals surface area contributed by atoms with Crippen LogP contribution in [0.3, 0.4) is 0 Å². The highest BCUT2D eigenvalue weighted by Gasteiger charge is 2.15. The standard InChI is InChI=1S/C30H34ClN3O/c1-20-18-21(2)23(4)25(22(20)3)19-34-28-15-10-9-14-27(28)33-29(34)16-6-5-11-17-32-30(35)24-12-7-8-13-26(24)31/h7-10,12-15,18H,5-6,11,16-17,19H2,1-4H3,(H,32,35). The molecule has 1 amide bonds. The summed E-state index contributed by atoms with van der Waals surface area (Å²) in [5.41, 5.74) is 9.58. The molecule has 0 saturated carbocycles. The van der Waals surface area contributed by atoms with E-state index < -0.39 is 0 Å². The zero-order chi connectivity index (χ0) is 24.9. The molecule has 182 valence electrons. The number of imidazole rings is 1. The molecule has 4 rings (SSSR count). The van der Waals surface area contributed by atoms with E-state index in [4.69, 9.17) is 16.6 Å². The summed E-state index contributed by atoms with van der Waals surface area (Å²) in [7, 11) is 0. The molecule has 0 aliphatic carbocycles. The van der Waals surface area contributed by atoms with Gasteiger partial charge in [-0.05, 0) is 92.6 Å². The summed E-state index contributed by atoms with van der Waals surface area (Å²) in [6, 6.07) is 17.8. The van der Waals surface area contributed by atoms with Gasteiger partial charge in [-0.15, -0.1) is 0 Å². The van der Waals surface area contributed by atoms with Crippen molar-refractivity contribution in [2.45, 2.75) is 59.9 Å². The molecule has 0 aliphatic rings. The van der Waals surface area contributed by atoms with E-state index in [-0.39, 0.29) is 5.91 Å². The maximum atomic E-state index is 12.3. The Bertz CT molecular complexity index is 1330. The Morgan fingerprint density at radius 2 is 1.60 bits per heavy atom. The number of nitrogens with zero attached hydrogens (tertiary/aromatic N) is 2. The molecule has 0 unspecified atom stereocenters. The van der Waals surface area contributed by atoms with Crippen LogP contribution in [-0.4, -0.2) is 22.0 Å². The van der Waals surface area contributed by atoms with Gasteiger partial charge in [-0.25, -0.2) is 4.98 Å². The Morgan fingerprint density at radius 3 is 2.34 bits per heavy atom. The monoisotopic (exact) mass is 487 g/mol. The Labute approximate surface area is 213 Å². The Morgan fingerprint density at radius 1 is 0.914 bits per heavy atom. The Hall–Kier alpha value is -3.11. The summed E-state index contributed by atoms with van der Waals surface area (Å²) in [5, 5.41) is 3.47. The number of carbonyl (C=O) groups is 1. The van der Waals surface area contributed by atoms with Crippen molar-refractivity contribution >= 4 is 28.5 Å². The molecule has 35 heavy (non-hydrogen) atoms. The normalized spacial score (nSPS) is 11.2. The predicted molar refractivity (Wildman–Crippen MR) is 146 cm³/mol. The number of nitrogens with one attached hydrogen (secondary N) is 1. The van der Waals surface area contributed by atoms with Crippen molar-refractivity contribution in [1.29, 1.82) is 0 Å². The SMILES string of the molecule is Cc1cc(C)c(C)c(Cn2c(CCCCCNC(=O)c3ccccc3Cl)nc3ccccc32)c1C. The van der Waals surface area contributed by atoms with Gasteiger partial charge in [-0.3, -0.25) is 4.79 Å². The van der Waals surface area contributed by atoms with Gasteiger partial charge in [0, 0.05) is 19.5 Å².